The van der Waals surface area contributed by atoms with Gasteiger partial charge in [0.25, 0.3) is 21.9 Å². The predicted octanol–water partition coefficient (Wildman–Crippen LogP) is -0.814. The van der Waals surface area contributed by atoms with Crippen LogP contribution in [0.2, 0.25) is 0 Å². The highest BCUT2D eigenvalue weighted by atomic mass is 32.2. The summed E-state index contributed by atoms with van der Waals surface area (Å²) >= 11 is 1.75. The Balaban J connectivity index is 1.40. The molecule has 0 aromatic heterocycles. The third-order valence-corrected chi connectivity index (χ3v) is 7.27. The van der Waals surface area contributed by atoms with E-state index >= 15 is 0 Å². The van der Waals surface area contributed by atoms with Crippen LogP contribution in [0.25, 0.3) is 0 Å². The largest absolute Gasteiger partial charge is 0.333 e. The Morgan fingerprint density at radius 1 is 1.26 bits per heavy atom. The molecular weight excluding hydrogens is 402 g/mol. The minimum absolute atomic E-state index is 0.0519. The summed E-state index contributed by atoms with van der Waals surface area (Å²) < 4.78 is 31.0. The van der Waals surface area contributed by atoms with Crippen molar-refractivity contribution in [1.29, 1.82) is 0 Å². The molecule has 0 spiro atoms. The number of hydrogen-bond donors (Lipinski definition) is 3. The zero-order valence-electron chi connectivity index (χ0n) is 14.1. The first-order valence-electron chi connectivity index (χ1n) is 8.39. The summed E-state index contributed by atoms with van der Waals surface area (Å²) in [5.74, 6) is -2.26. The third kappa shape index (κ3) is 4.35. The average Bonchev–Trinajstić information content (AvgIpc) is 3.19. The Hall–Kier alpha value is -1.86. The van der Waals surface area contributed by atoms with E-state index in [9.17, 15) is 27.6 Å². The molecule has 0 saturated carbocycles. The fourth-order valence-electron chi connectivity index (χ4n) is 3.32. The second kappa shape index (κ2) is 7.64. The topological polar surface area (TPSA) is 159 Å². The molecule has 4 atom stereocenters. The maximum atomic E-state index is 11.8. The van der Waals surface area contributed by atoms with Crippen LogP contribution in [0.15, 0.2) is 0 Å². The van der Waals surface area contributed by atoms with E-state index in [1.54, 1.807) is 11.8 Å². The predicted molar refractivity (Wildman–Crippen MR) is 91.9 cm³/mol. The standard InChI is InChI=1S/C14H19N3O8S2/c18-10-5-9(27(22,23)24)13(20)17(10)25-11(19)4-2-1-3-8-12-7(6-26-8)15-14(21)16-12/h7-9,12H,1-6H2,(H2,15,16,21)(H,22,23,24)/t7-,8-,9+,12+/m1/s1. The Bertz CT molecular complexity index is 770. The molecule has 3 saturated heterocycles. The van der Waals surface area contributed by atoms with Crippen LogP contribution >= 0.6 is 11.8 Å². The van der Waals surface area contributed by atoms with Gasteiger partial charge in [-0.2, -0.15) is 20.2 Å². The first-order chi connectivity index (χ1) is 12.7. The van der Waals surface area contributed by atoms with E-state index in [0.29, 0.717) is 12.8 Å². The van der Waals surface area contributed by atoms with Gasteiger partial charge in [0.05, 0.1) is 18.5 Å². The summed E-state index contributed by atoms with van der Waals surface area (Å²) in [6, 6.07) is 0.0362. The number of hydroxylamine groups is 2. The van der Waals surface area contributed by atoms with Crippen molar-refractivity contribution in [3.63, 3.8) is 0 Å². The molecule has 3 heterocycles. The number of amides is 4. The number of carbonyl (C=O) groups excluding carboxylic acids is 4. The number of imide groups is 1. The first-order valence-corrected chi connectivity index (χ1v) is 10.9. The van der Waals surface area contributed by atoms with Crippen LogP contribution < -0.4 is 10.6 Å². The van der Waals surface area contributed by atoms with Gasteiger partial charge < -0.3 is 15.5 Å². The number of unbranched alkanes of at least 4 members (excludes halogenated alkanes) is 1. The van der Waals surface area contributed by atoms with Crippen molar-refractivity contribution in [2.75, 3.05) is 5.75 Å². The number of nitrogens with one attached hydrogen (secondary N) is 2. The quantitative estimate of drug-likeness (QED) is 0.207. The van der Waals surface area contributed by atoms with Crippen molar-refractivity contribution < 1.29 is 37.0 Å². The van der Waals surface area contributed by atoms with Gasteiger partial charge in [0.1, 0.15) is 0 Å². The van der Waals surface area contributed by atoms with Gasteiger partial charge in [-0.1, -0.05) is 6.42 Å². The van der Waals surface area contributed by atoms with Gasteiger partial charge in [-0.3, -0.25) is 14.1 Å². The van der Waals surface area contributed by atoms with Crippen molar-refractivity contribution in [3.05, 3.63) is 0 Å². The molecular formula is C14H19N3O8S2. The van der Waals surface area contributed by atoms with Crippen molar-refractivity contribution in [1.82, 2.24) is 15.7 Å². The lowest BCUT2D eigenvalue weighted by molar-refractivity contribution is -0.197. The number of nitrogens with zero attached hydrogens (tertiary/aromatic N) is 1. The van der Waals surface area contributed by atoms with Crippen molar-refractivity contribution >= 4 is 45.7 Å². The van der Waals surface area contributed by atoms with Gasteiger partial charge in [0.15, 0.2) is 5.25 Å². The second-order valence-electron chi connectivity index (χ2n) is 6.57. The molecule has 0 radical (unpaired) electrons. The molecule has 13 heteroatoms. The minimum atomic E-state index is -4.74. The highest BCUT2D eigenvalue weighted by Crippen LogP contribution is 2.33. The van der Waals surface area contributed by atoms with Crippen LogP contribution in [-0.2, 0) is 29.3 Å². The van der Waals surface area contributed by atoms with Crippen LogP contribution in [0.3, 0.4) is 0 Å². The highest BCUT2D eigenvalue weighted by molar-refractivity contribution is 8.00. The van der Waals surface area contributed by atoms with Gasteiger partial charge in [0, 0.05) is 17.4 Å². The molecule has 4 amide bonds. The summed E-state index contributed by atoms with van der Waals surface area (Å²) in [6.07, 6.45) is 1.11. The average molecular weight is 421 g/mol. The molecule has 0 aromatic carbocycles. The summed E-state index contributed by atoms with van der Waals surface area (Å²) in [5.41, 5.74) is 0. The molecule has 150 valence electrons. The Kier molecular flexibility index (Phi) is 5.63. The van der Waals surface area contributed by atoms with Gasteiger partial charge in [0.2, 0.25) is 0 Å². The Labute approximate surface area is 159 Å². The molecule has 0 bridgehead atoms. The Morgan fingerprint density at radius 3 is 2.67 bits per heavy atom. The molecule has 0 aliphatic carbocycles. The number of carbonyl (C=O) groups is 4. The highest BCUT2D eigenvalue weighted by Gasteiger charge is 2.48. The van der Waals surface area contributed by atoms with Gasteiger partial charge in [-0.15, -0.1) is 5.06 Å². The fraction of sp³-hybridized carbons (Fsp3) is 0.714. The van der Waals surface area contributed by atoms with Gasteiger partial charge >= 0.3 is 12.0 Å². The van der Waals surface area contributed by atoms with Crippen LogP contribution in [0.4, 0.5) is 4.79 Å². The molecule has 3 fully saturated rings. The van der Waals surface area contributed by atoms with Crippen LogP contribution in [0.5, 0.6) is 0 Å². The van der Waals surface area contributed by atoms with E-state index < -0.39 is 39.6 Å². The SMILES string of the molecule is O=C1N[C@H]2[C@@H](CS[C@@H]2CCCCC(=O)ON2C(=O)C[C@H](S(=O)(=O)O)C2=O)N1. The fourth-order valence-corrected chi connectivity index (χ4v) is 5.56. The molecule has 11 nitrogen and oxygen atoms in total. The van der Waals surface area contributed by atoms with E-state index in [1.807, 2.05) is 0 Å². The monoisotopic (exact) mass is 421 g/mol. The third-order valence-electron chi connectivity index (χ3n) is 4.67. The number of rotatable bonds is 7. The van der Waals surface area contributed by atoms with E-state index in [2.05, 4.69) is 15.5 Å². The van der Waals surface area contributed by atoms with Crippen LogP contribution in [0, 0.1) is 0 Å². The van der Waals surface area contributed by atoms with Gasteiger partial charge in [-0.05, 0) is 12.8 Å². The van der Waals surface area contributed by atoms with Crippen molar-refractivity contribution in [3.8, 4) is 0 Å². The number of thioether (sulfide) groups is 1. The zero-order valence-corrected chi connectivity index (χ0v) is 15.8. The zero-order chi connectivity index (χ0) is 19.8. The normalized spacial score (nSPS) is 30.3. The lowest BCUT2D eigenvalue weighted by Crippen LogP contribution is -2.37. The molecule has 27 heavy (non-hydrogen) atoms. The summed E-state index contributed by atoms with van der Waals surface area (Å²) in [6.45, 7) is 0. The molecule has 0 aromatic rings. The second-order valence-corrected chi connectivity index (χ2v) is 9.44. The van der Waals surface area contributed by atoms with Crippen molar-refractivity contribution in [2.24, 2.45) is 0 Å². The lowest BCUT2D eigenvalue weighted by atomic mass is 10.0. The van der Waals surface area contributed by atoms with E-state index in [-0.39, 0.29) is 34.8 Å². The Morgan fingerprint density at radius 2 is 2.00 bits per heavy atom. The number of fused-ring (bicyclic) bond motifs is 1. The van der Waals surface area contributed by atoms with E-state index in [4.69, 9.17) is 4.55 Å². The lowest BCUT2D eigenvalue weighted by Gasteiger charge is -2.16. The molecule has 0 unspecified atom stereocenters. The van der Waals surface area contributed by atoms with Crippen molar-refractivity contribution in [2.45, 2.75) is 54.7 Å². The summed E-state index contributed by atoms with van der Waals surface area (Å²) in [7, 11) is -4.74. The molecule has 3 rings (SSSR count). The van der Waals surface area contributed by atoms with E-state index in [0.717, 1.165) is 12.2 Å². The maximum Gasteiger partial charge on any atom is 0.333 e. The number of hydrogen-bond acceptors (Lipinski definition) is 8. The maximum absolute atomic E-state index is 11.8. The molecule has 3 N–H and O–H groups in total. The van der Waals surface area contributed by atoms with Gasteiger partial charge in [-0.25, -0.2) is 9.59 Å². The summed E-state index contributed by atoms with van der Waals surface area (Å²) in [4.78, 5) is 51.2. The first kappa shape index (κ1) is 19.9. The van der Waals surface area contributed by atoms with E-state index in [1.165, 1.54) is 0 Å². The van der Waals surface area contributed by atoms with Crippen LogP contribution in [0.1, 0.15) is 32.1 Å². The number of urea groups is 1. The molecule has 3 aliphatic rings. The smallest absolute Gasteiger partial charge is 0.332 e. The minimum Gasteiger partial charge on any atom is -0.332 e. The summed E-state index contributed by atoms with van der Waals surface area (Å²) in [5, 5.41) is 4.15. The van der Waals surface area contributed by atoms with Crippen LogP contribution in [-0.4, -0.2) is 70.2 Å². The molecule has 3 aliphatic heterocycles.